The van der Waals surface area contributed by atoms with Crippen LogP contribution in [0.1, 0.15) is 23.2 Å². The largest absolute Gasteiger partial charge is 0.363 e. The highest BCUT2D eigenvalue weighted by atomic mass is 32.1. The molecule has 0 aliphatic carbocycles. The van der Waals surface area contributed by atoms with E-state index in [1.165, 1.54) is 0 Å². The Bertz CT molecular complexity index is 679. The van der Waals surface area contributed by atoms with E-state index >= 15 is 0 Å². The first-order valence-corrected chi connectivity index (χ1v) is 8.90. The number of aliphatic imine (C=N–C) groups is 1. The average molecular weight is 347 g/mol. The topological polar surface area (TPSA) is 56.7 Å². The van der Waals surface area contributed by atoms with E-state index in [9.17, 15) is 0 Å². The van der Waals surface area contributed by atoms with Gasteiger partial charge in [-0.25, -0.2) is 15.0 Å². The quantitative estimate of drug-likeness (QED) is 0.643. The van der Waals surface area contributed by atoms with Crippen LogP contribution in [0.3, 0.4) is 0 Å². The van der Waals surface area contributed by atoms with Gasteiger partial charge in [0.25, 0.3) is 0 Å². The van der Waals surface area contributed by atoms with E-state index < -0.39 is 0 Å². The number of aromatic nitrogens is 2. The molecule has 1 N–H and O–H groups in total. The van der Waals surface area contributed by atoms with Gasteiger partial charge in [-0.05, 0) is 31.5 Å². The van der Waals surface area contributed by atoms with Crippen LogP contribution in [-0.4, -0.2) is 48.5 Å². The van der Waals surface area contributed by atoms with Gasteiger partial charge in [-0.3, -0.25) is 0 Å². The summed E-state index contributed by atoms with van der Waals surface area (Å²) in [6.45, 7) is 6.30. The van der Waals surface area contributed by atoms with Crippen LogP contribution < -0.4 is 10.2 Å². The monoisotopic (exact) mass is 346 g/mol. The Morgan fingerprint density at radius 1 is 1.33 bits per heavy atom. The van der Waals surface area contributed by atoms with Crippen molar-refractivity contribution in [2.75, 3.05) is 32.6 Å². The maximum atomic E-state index is 4.75. The first-order valence-electron chi connectivity index (χ1n) is 8.02. The number of hydrogen-bond donors (Lipinski definition) is 1. The lowest BCUT2D eigenvalue weighted by atomic mass is 10.2. The number of aryl methyl sites for hydroxylation is 1. The van der Waals surface area contributed by atoms with Crippen molar-refractivity contribution in [2.45, 2.75) is 26.9 Å². The second kappa shape index (κ2) is 8.63. The Kier molecular flexibility index (Phi) is 6.54. The number of pyridine rings is 1. The van der Waals surface area contributed by atoms with Gasteiger partial charge in [0.1, 0.15) is 5.82 Å². The number of anilines is 1. The van der Waals surface area contributed by atoms with E-state index in [1.807, 2.05) is 45.2 Å². The lowest BCUT2D eigenvalue weighted by Crippen LogP contribution is -2.38. The Labute approximate surface area is 148 Å². The number of rotatable bonds is 6. The van der Waals surface area contributed by atoms with Crippen LogP contribution >= 0.6 is 11.3 Å². The fourth-order valence-corrected chi connectivity index (χ4v) is 2.84. The van der Waals surface area contributed by atoms with Crippen LogP contribution in [0.5, 0.6) is 0 Å². The van der Waals surface area contributed by atoms with Crippen LogP contribution in [-0.2, 0) is 13.1 Å². The molecule has 0 bridgehead atoms. The molecule has 2 aromatic heterocycles. The molecule has 2 rings (SSSR count). The third-order valence-electron chi connectivity index (χ3n) is 3.44. The summed E-state index contributed by atoms with van der Waals surface area (Å²) in [4.78, 5) is 17.7. The van der Waals surface area contributed by atoms with E-state index in [1.54, 1.807) is 11.3 Å². The second-order valence-corrected chi connectivity index (χ2v) is 6.86. The summed E-state index contributed by atoms with van der Waals surface area (Å²) in [5, 5.41) is 6.53. The maximum absolute atomic E-state index is 4.75. The van der Waals surface area contributed by atoms with Crippen molar-refractivity contribution in [3.8, 4) is 0 Å². The highest BCUT2D eigenvalue weighted by Gasteiger charge is 2.09. The molecule has 24 heavy (non-hydrogen) atoms. The highest BCUT2D eigenvalue weighted by Crippen LogP contribution is 2.12. The van der Waals surface area contributed by atoms with Crippen molar-refractivity contribution >= 4 is 23.1 Å². The summed E-state index contributed by atoms with van der Waals surface area (Å²) >= 11 is 1.68. The molecule has 0 radical (unpaired) electrons. The molecule has 130 valence electrons. The number of nitrogens with zero attached hydrogens (tertiary/aromatic N) is 5. The van der Waals surface area contributed by atoms with Gasteiger partial charge in [0.05, 0.1) is 23.8 Å². The molecule has 0 saturated heterocycles. The summed E-state index contributed by atoms with van der Waals surface area (Å²) in [6.07, 6.45) is 1.83. The van der Waals surface area contributed by atoms with E-state index in [4.69, 9.17) is 4.99 Å². The predicted octanol–water partition coefficient (Wildman–Crippen LogP) is 2.51. The van der Waals surface area contributed by atoms with Crippen LogP contribution in [0, 0.1) is 6.92 Å². The Hall–Kier alpha value is -2.15. The second-order valence-electron chi connectivity index (χ2n) is 5.80. The van der Waals surface area contributed by atoms with Gasteiger partial charge in [0.15, 0.2) is 5.96 Å². The summed E-state index contributed by atoms with van der Waals surface area (Å²) in [7, 11) is 6.01. The fraction of sp³-hybridized carbons (Fsp3) is 0.471. The van der Waals surface area contributed by atoms with E-state index in [-0.39, 0.29) is 0 Å². The lowest BCUT2D eigenvalue weighted by Gasteiger charge is -2.21. The fourth-order valence-electron chi connectivity index (χ4n) is 2.24. The van der Waals surface area contributed by atoms with Crippen molar-refractivity contribution in [1.29, 1.82) is 0 Å². The third kappa shape index (κ3) is 5.19. The lowest BCUT2D eigenvalue weighted by molar-refractivity contribution is 0.471. The third-order valence-corrected chi connectivity index (χ3v) is 4.26. The summed E-state index contributed by atoms with van der Waals surface area (Å²) in [5.74, 6) is 1.82. The Morgan fingerprint density at radius 3 is 2.75 bits per heavy atom. The van der Waals surface area contributed by atoms with E-state index in [2.05, 4.69) is 38.6 Å². The molecule has 0 amide bonds. The zero-order valence-corrected chi connectivity index (χ0v) is 15.9. The average Bonchev–Trinajstić information content (AvgIpc) is 2.96. The van der Waals surface area contributed by atoms with Gasteiger partial charge < -0.3 is 15.1 Å². The Morgan fingerprint density at radius 2 is 2.12 bits per heavy atom. The van der Waals surface area contributed by atoms with Crippen molar-refractivity contribution in [2.24, 2.45) is 4.99 Å². The summed E-state index contributed by atoms with van der Waals surface area (Å²) < 4.78 is 0. The van der Waals surface area contributed by atoms with Gasteiger partial charge in [0, 0.05) is 39.3 Å². The molecule has 0 spiro atoms. The zero-order chi connectivity index (χ0) is 17.5. The molecular weight excluding hydrogens is 320 g/mol. The molecule has 6 nitrogen and oxygen atoms in total. The van der Waals surface area contributed by atoms with Crippen LogP contribution in [0.2, 0.25) is 0 Å². The van der Waals surface area contributed by atoms with E-state index in [0.29, 0.717) is 6.54 Å². The standard InChI is InChI=1S/C17H26N6S/c1-6-18-17(23(5)11-15-12-24-13(2)21-15)20-10-14-7-8-19-16(9-14)22(3)4/h7-9,12H,6,10-11H2,1-5H3,(H,18,20). The molecule has 0 aliphatic rings. The zero-order valence-electron chi connectivity index (χ0n) is 15.1. The molecule has 0 aliphatic heterocycles. The number of hydrogen-bond acceptors (Lipinski definition) is 5. The van der Waals surface area contributed by atoms with Crippen molar-refractivity contribution in [3.05, 3.63) is 40.0 Å². The minimum Gasteiger partial charge on any atom is -0.363 e. The molecule has 0 fully saturated rings. The van der Waals surface area contributed by atoms with Gasteiger partial charge in [0.2, 0.25) is 0 Å². The molecular formula is C17H26N6S. The molecule has 2 heterocycles. The molecule has 2 aromatic rings. The SMILES string of the molecule is CCNC(=NCc1ccnc(N(C)C)c1)N(C)Cc1csc(C)n1. The molecule has 0 aromatic carbocycles. The van der Waals surface area contributed by atoms with Crippen LogP contribution in [0.25, 0.3) is 0 Å². The Balaban J connectivity index is 2.08. The smallest absolute Gasteiger partial charge is 0.194 e. The number of guanidine groups is 1. The minimum atomic E-state index is 0.617. The van der Waals surface area contributed by atoms with Crippen molar-refractivity contribution in [3.63, 3.8) is 0 Å². The van der Waals surface area contributed by atoms with Gasteiger partial charge in [-0.2, -0.15) is 0 Å². The summed E-state index contributed by atoms with van der Waals surface area (Å²) in [6, 6.07) is 4.07. The van der Waals surface area contributed by atoms with Crippen LogP contribution in [0.15, 0.2) is 28.7 Å². The first-order chi connectivity index (χ1) is 11.5. The van der Waals surface area contributed by atoms with Gasteiger partial charge in [-0.15, -0.1) is 11.3 Å². The predicted molar refractivity (Wildman–Crippen MR) is 102 cm³/mol. The number of thiazole rings is 1. The highest BCUT2D eigenvalue weighted by molar-refractivity contribution is 7.09. The normalized spacial score (nSPS) is 11.5. The maximum Gasteiger partial charge on any atom is 0.194 e. The van der Waals surface area contributed by atoms with Crippen molar-refractivity contribution in [1.82, 2.24) is 20.2 Å². The van der Waals surface area contributed by atoms with Gasteiger partial charge >= 0.3 is 0 Å². The van der Waals surface area contributed by atoms with Crippen LogP contribution in [0.4, 0.5) is 5.82 Å². The molecule has 0 unspecified atom stereocenters. The minimum absolute atomic E-state index is 0.617. The van der Waals surface area contributed by atoms with Crippen molar-refractivity contribution < 1.29 is 0 Å². The molecule has 0 saturated carbocycles. The molecule has 0 atom stereocenters. The first kappa shape index (κ1) is 18.2. The number of nitrogens with one attached hydrogen (secondary N) is 1. The van der Waals surface area contributed by atoms with Gasteiger partial charge in [-0.1, -0.05) is 0 Å². The summed E-state index contributed by atoms with van der Waals surface area (Å²) in [5.41, 5.74) is 2.21. The van der Waals surface area contributed by atoms with E-state index in [0.717, 1.165) is 41.1 Å². The molecule has 7 heteroatoms.